The highest BCUT2D eigenvalue weighted by Crippen LogP contribution is 2.32. The molecular weight excluding hydrogens is 442 g/mol. The van der Waals surface area contributed by atoms with Crippen LogP contribution in [0, 0.1) is 0 Å². The molecule has 2 aromatic rings. The number of nitrogens with one attached hydrogen (secondary N) is 1. The molecule has 0 aliphatic carbocycles. The maximum Gasteiger partial charge on any atom is 0.250 e. The quantitative estimate of drug-likeness (QED) is 0.708. The summed E-state index contributed by atoms with van der Waals surface area (Å²) in [6.45, 7) is 3.56. The van der Waals surface area contributed by atoms with Crippen molar-refractivity contribution in [3.05, 3.63) is 29.0 Å². The van der Waals surface area contributed by atoms with Crippen molar-refractivity contribution in [3.63, 3.8) is 0 Å². The third-order valence-corrected chi connectivity index (χ3v) is 9.46. The Bertz CT molecular complexity index is 1010. The van der Waals surface area contributed by atoms with Gasteiger partial charge in [-0.3, -0.25) is 9.59 Å². The summed E-state index contributed by atoms with van der Waals surface area (Å²) in [4.78, 5) is 29.8. The van der Waals surface area contributed by atoms with Crippen LogP contribution in [0.15, 0.2) is 33.2 Å². The second-order valence-corrected chi connectivity index (χ2v) is 11.5. The van der Waals surface area contributed by atoms with E-state index in [2.05, 4.69) is 4.72 Å². The standard InChI is InChI=1S/C20H25N3O4S3/c1-14(19(24)22-9-3-2-4-10-22)23-11-7-16(20(23)25)21-30(26,27)18-6-5-17(29-18)15-8-12-28-13-15/h5-6,8,12-14,16,21H,2-4,7,9-11H2,1H3/t14-,16-/m0/s1. The Morgan fingerprint density at radius 2 is 1.93 bits per heavy atom. The van der Waals surface area contributed by atoms with Crippen molar-refractivity contribution in [1.82, 2.24) is 14.5 Å². The number of hydrogen-bond acceptors (Lipinski definition) is 6. The Morgan fingerprint density at radius 1 is 1.17 bits per heavy atom. The van der Waals surface area contributed by atoms with Gasteiger partial charge >= 0.3 is 0 Å². The summed E-state index contributed by atoms with van der Waals surface area (Å²) in [5.74, 6) is -0.378. The first kappa shape index (κ1) is 21.5. The van der Waals surface area contributed by atoms with Crippen LogP contribution in [0.25, 0.3) is 10.4 Å². The maximum absolute atomic E-state index is 12.9. The molecule has 0 saturated carbocycles. The Hall–Kier alpha value is -1.75. The molecule has 2 amide bonds. The number of amides is 2. The van der Waals surface area contributed by atoms with Crippen molar-refractivity contribution in [2.75, 3.05) is 19.6 Å². The van der Waals surface area contributed by atoms with Crippen LogP contribution in [0.2, 0.25) is 0 Å². The van der Waals surface area contributed by atoms with Crippen molar-refractivity contribution < 1.29 is 18.0 Å². The molecule has 30 heavy (non-hydrogen) atoms. The third kappa shape index (κ3) is 4.32. The molecule has 7 nitrogen and oxygen atoms in total. The zero-order valence-corrected chi connectivity index (χ0v) is 19.2. The summed E-state index contributed by atoms with van der Waals surface area (Å²) in [7, 11) is -3.81. The monoisotopic (exact) mass is 467 g/mol. The van der Waals surface area contributed by atoms with Gasteiger partial charge < -0.3 is 9.80 Å². The molecule has 1 N–H and O–H groups in total. The first-order chi connectivity index (χ1) is 14.4. The first-order valence-electron chi connectivity index (χ1n) is 10.1. The fourth-order valence-electron chi connectivity index (χ4n) is 3.98. The van der Waals surface area contributed by atoms with Crippen LogP contribution in [0.3, 0.4) is 0 Å². The Labute approximate surface area is 184 Å². The molecule has 2 atom stereocenters. The van der Waals surface area contributed by atoms with E-state index in [0.717, 1.165) is 42.8 Å². The van der Waals surface area contributed by atoms with Crippen molar-refractivity contribution in [3.8, 4) is 10.4 Å². The van der Waals surface area contributed by atoms with Gasteiger partial charge in [-0.15, -0.1) is 11.3 Å². The van der Waals surface area contributed by atoms with Gasteiger partial charge in [0.05, 0.1) is 0 Å². The molecule has 4 heterocycles. The molecule has 0 bridgehead atoms. The van der Waals surface area contributed by atoms with E-state index in [1.807, 2.05) is 21.7 Å². The lowest BCUT2D eigenvalue weighted by Gasteiger charge is -2.32. The second-order valence-electron chi connectivity index (χ2n) is 7.69. The van der Waals surface area contributed by atoms with E-state index in [-0.39, 0.29) is 16.0 Å². The molecule has 0 unspecified atom stereocenters. The van der Waals surface area contributed by atoms with Crippen molar-refractivity contribution >= 4 is 44.5 Å². The number of nitrogens with zero attached hydrogens (tertiary/aromatic N) is 2. The van der Waals surface area contributed by atoms with Crippen molar-refractivity contribution in [2.24, 2.45) is 0 Å². The topological polar surface area (TPSA) is 86.8 Å². The largest absolute Gasteiger partial charge is 0.341 e. The van der Waals surface area contributed by atoms with Gasteiger partial charge in [0, 0.05) is 30.1 Å². The van der Waals surface area contributed by atoms with Crippen LogP contribution in [-0.4, -0.2) is 61.7 Å². The highest BCUT2D eigenvalue weighted by atomic mass is 32.2. The van der Waals surface area contributed by atoms with Gasteiger partial charge in [-0.05, 0) is 61.6 Å². The van der Waals surface area contributed by atoms with Gasteiger partial charge in [0.25, 0.3) is 10.0 Å². The molecule has 0 radical (unpaired) electrons. The summed E-state index contributed by atoms with van der Waals surface area (Å²) < 4.78 is 28.4. The van der Waals surface area contributed by atoms with Crippen LogP contribution >= 0.6 is 22.7 Å². The first-order valence-corrected chi connectivity index (χ1v) is 13.3. The zero-order valence-electron chi connectivity index (χ0n) is 16.7. The molecule has 0 spiro atoms. The number of rotatable bonds is 6. The number of hydrogen-bond donors (Lipinski definition) is 1. The SMILES string of the molecule is C[C@@H](C(=O)N1CCCCC1)N1CC[C@H](NS(=O)(=O)c2ccc(-c3ccsc3)s2)C1=O. The number of piperidine rings is 1. The lowest BCUT2D eigenvalue weighted by atomic mass is 10.1. The summed E-state index contributed by atoms with van der Waals surface area (Å²) >= 11 is 2.74. The molecule has 162 valence electrons. The molecule has 2 fully saturated rings. The van der Waals surface area contributed by atoms with Crippen LogP contribution in [0.1, 0.15) is 32.6 Å². The normalized spacial score (nSPS) is 21.2. The molecule has 2 aromatic heterocycles. The number of carbonyl (C=O) groups is 2. The Morgan fingerprint density at radius 3 is 2.63 bits per heavy atom. The van der Waals surface area contributed by atoms with E-state index in [4.69, 9.17) is 0 Å². The van der Waals surface area contributed by atoms with Gasteiger partial charge in [-0.25, -0.2) is 8.42 Å². The van der Waals surface area contributed by atoms with E-state index in [9.17, 15) is 18.0 Å². The minimum atomic E-state index is -3.81. The minimum absolute atomic E-state index is 0.0507. The fraction of sp³-hybridized carbons (Fsp3) is 0.500. The van der Waals surface area contributed by atoms with Crippen molar-refractivity contribution in [2.45, 2.75) is 48.9 Å². The van der Waals surface area contributed by atoms with E-state index < -0.39 is 22.1 Å². The molecule has 4 rings (SSSR count). The molecular formula is C20H25N3O4S3. The Kier molecular flexibility index (Phi) is 6.29. The third-order valence-electron chi connectivity index (χ3n) is 5.68. The lowest BCUT2D eigenvalue weighted by molar-refractivity contribution is -0.143. The molecule has 2 aliphatic heterocycles. The summed E-state index contributed by atoms with van der Waals surface area (Å²) in [6.07, 6.45) is 3.46. The summed E-state index contributed by atoms with van der Waals surface area (Å²) in [6, 6.07) is 3.89. The summed E-state index contributed by atoms with van der Waals surface area (Å²) in [5.41, 5.74) is 0.986. The minimum Gasteiger partial charge on any atom is -0.341 e. The lowest BCUT2D eigenvalue weighted by Crippen LogP contribution is -2.51. The van der Waals surface area contributed by atoms with Crippen LogP contribution in [0.5, 0.6) is 0 Å². The van der Waals surface area contributed by atoms with E-state index in [0.29, 0.717) is 13.0 Å². The van der Waals surface area contributed by atoms with Crippen LogP contribution < -0.4 is 4.72 Å². The van der Waals surface area contributed by atoms with Crippen LogP contribution in [-0.2, 0) is 19.6 Å². The molecule has 10 heteroatoms. The van der Waals surface area contributed by atoms with Gasteiger partial charge in [-0.2, -0.15) is 16.1 Å². The predicted molar refractivity (Wildman–Crippen MR) is 118 cm³/mol. The highest BCUT2D eigenvalue weighted by molar-refractivity contribution is 7.91. The van der Waals surface area contributed by atoms with Gasteiger partial charge in [0.1, 0.15) is 16.3 Å². The zero-order chi connectivity index (χ0) is 21.3. The average molecular weight is 468 g/mol. The molecule has 2 saturated heterocycles. The molecule has 2 aliphatic rings. The van der Waals surface area contributed by atoms with Gasteiger partial charge in [0.2, 0.25) is 11.8 Å². The van der Waals surface area contributed by atoms with Crippen molar-refractivity contribution in [1.29, 1.82) is 0 Å². The van der Waals surface area contributed by atoms with E-state index in [1.54, 1.807) is 30.4 Å². The molecule has 0 aromatic carbocycles. The Balaban J connectivity index is 1.41. The summed E-state index contributed by atoms with van der Waals surface area (Å²) in [5, 5.41) is 3.91. The predicted octanol–water partition coefficient (Wildman–Crippen LogP) is 2.76. The number of likely N-dealkylation sites (tertiary alicyclic amines) is 2. The van der Waals surface area contributed by atoms with Gasteiger partial charge in [0.15, 0.2) is 0 Å². The second kappa shape index (κ2) is 8.78. The van der Waals surface area contributed by atoms with E-state index >= 15 is 0 Å². The smallest absolute Gasteiger partial charge is 0.250 e. The fourth-order valence-corrected chi connectivity index (χ4v) is 7.25. The highest BCUT2D eigenvalue weighted by Gasteiger charge is 2.40. The number of thiophene rings is 2. The number of carbonyl (C=O) groups excluding carboxylic acids is 2. The van der Waals surface area contributed by atoms with Gasteiger partial charge in [-0.1, -0.05) is 0 Å². The maximum atomic E-state index is 12.9. The number of sulfonamides is 1. The van der Waals surface area contributed by atoms with E-state index in [1.165, 1.54) is 16.2 Å². The average Bonchev–Trinajstić information content (AvgIpc) is 3.49. The van der Waals surface area contributed by atoms with Crippen LogP contribution in [0.4, 0.5) is 0 Å².